The SMILES string of the molecule is Cc1cn2c(n1)CC[C@H](NC(=O)Cc1ccc3c(c1)CCO3)C2. The molecule has 120 valence electrons. The largest absolute Gasteiger partial charge is 0.493 e. The molecular formula is C18H21N3O2. The molecule has 1 aromatic carbocycles. The van der Waals surface area contributed by atoms with Gasteiger partial charge < -0.3 is 14.6 Å². The minimum atomic E-state index is 0.0918. The lowest BCUT2D eigenvalue weighted by Gasteiger charge is -2.24. The molecule has 5 heteroatoms. The first-order valence-electron chi connectivity index (χ1n) is 8.24. The molecule has 2 aliphatic heterocycles. The second-order valence-corrected chi connectivity index (χ2v) is 6.47. The molecular weight excluding hydrogens is 290 g/mol. The first kappa shape index (κ1) is 14.3. The van der Waals surface area contributed by atoms with E-state index in [4.69, 9.17) is 4.74 Å². The zero-order valence-electron chi connectivity index (χ0n) is 13.3. The Balaban J connectivity index is 1.37. The summed E-state index contributed by atoms with van der Waals surface area (Å²) in [5, 5.41) is 3.17. The van der Waals surface area contributed by atoms with E-state index < -0.39 is 0 Å². The van der Waals surface area contributed by atoms with E-state index in [-0.39, 0.29) is 11.9 Å². The Kier molecular flexibility index (Phi) is 3.56. The maximum Gasteiger partial charge on any atom is 0.224 e. The molecule has 1 aromatic heterocycles. The second kappa shape index (κ2) is 5.72. The summed E-state index contributed by atoms with van der Waals surface area (Å²) in [5.41, 5.74) is 3.32. The van der Waals surface area contributed by atoms with E-state index in [0.29, 0.717) is 6.42 Å². The molecule has 1 amide bonds. The molecule has 2 aliphatic rings. The molecule has 0 radical (unpaired) electrons. The zero-order valence-corrected chi connectivity index (χ0v) is 13.3. The predicted octanol–water partition coefficient (Wildman–Crippen LogP) is 1.80. The number of carbonyl (C=O) groups is 1. The topological polar surface area (TPSA) is 56.2 Å². The van der Waals surface area contributed by atoms with Gasteiger partial charge in [0.1, 0.15) is 11.6 Å². The van der Waals surface area contributed by atoms with Gasteiger partial charge in [0, 0.05) is 31.6 Å². The molecule has 0 saturated heterocycles. The number of aromatic nitrogens is 2. The van der Waals surface area contributed by atoms with Gasteiger partial charge in [0.25, 0.3) is 0 Å². The van der Waals surface area contributed by atoms with Gasteiger partial charge in [0.15, 0.2) is 0 Å². The van der Waals surface area contributed by atoms with Crippen LogP contribution in [0.15, 0.2) is 24.4 Å². The van der Waals surface area contributed by atoms with Crippen molar-refractivity contribution in [3.8, 4) is 5.75 Å². The van der Waals surface area contributed by atoms with Crippen molar-refractivity contribution < 1.29 is 9.53 Å². The average molecular weight is 311 g/mol. The van der Waals surface area contributed by atoms with Gasteiger partial charge in [-0.25, -0.2) is 4.98 Å². The lowest BCUT2D eigenvalue weighted by atomic mass is 10.0. The molecule has 0 saturated carbocycles. The summed E-state index contributed by atoms with van der Waals surface area (Å²) in [4.78, 5) is 16.8. The zero-order chi connectivity index (χ0) is 15.8. The van der Waals surface area contributed by atoms with Crippen LogP contribution in [0.3, 0.4) is 0 Å². The minimum absolute atomic E-state index is 0.0918. The summed E-state index contributed by atoms with van der Waals surface area (Å²) >= 11 is 0. The van der Waals surface area contributed by atoms with Gasteiger partial charge >= 0.3 is 0 Å². The Morgan fingerprint density at radius 2 is 2.35 bits per heavy atom. The fraction of sp³-hybridized carbons (Fsp3) is 0.444. The summed E-state index contributed by atoms with van der Waals surface area (Å²) in [6.45, 7) is 3.58. The maximum atomic E-state index is 12.3. The highest BCUT2D eigenvalue weighted by molar-refractivity contribution is 5.79. The number of hydrogen-bond donors (Lipinski definition) is 1. The van der Waals surface area contributed by atoms with Gasteiger partial charge in [-0.2, -0.15) is 0 Å². The lowest BCUT2D eigenvalue weighted by Crippen LogP contribution is -2.41. The third-order valence-electron chi connectivity index (χ3n) is 4.60. The molecule has 0 spiro atoms. The monoisotopic (exact) mass is 311 g/mol. The molecule has 0 aliphatic carbocycles. The van der Waals surface area contributed by atoms with Gasteiger partial charge in [0.2, 0.25) is 5.91 Å². The van der Waals surface area contributed by atoms with Crippen molar-refractivity contribution >= 4 is 5.91 Å². The van der Waals surface area contributed by atoms with E-state index in [1.807, 2.05) is 19.1 Å². The highest BCUT2D eigenvalue weighted by atomic mass is 16.5. The van der Waals surface area contributed by atoms with Gasteiger partial charge in [-0.3, -0.25) is 4.79 Å². The van der Waals surface area contributed by atoms with Gasteiger partial charge in [-0.1, -0.05) is 12.1 Å². The van der Waals surface area contributed by atoms with Crippen LogP contribution in [0, 0.1) is 6.92 Å². The van der Waals surface area contributed by atoms with Crippen LogP contribution in [0.5, 0.6) is 5.75 Å². The first-order chi connectivity index (χ1) is 11.2. The Morgan fingerprint density at radius 3 is 3.26 bits per heavy atom. The molecule has 0 unspecified atom stereocenters. The first-order valence-corrected chi connectivity index (χ1v) is 8.24. The van der Waals surface area contributed by atoms with E-state index in [1.54, 1.807) is 0 Å². The Bertz CT molecular complexity index is 751. The Labute approximate surface area is 135 Å². The third kappa shape index (κ3) is 2.96. The molecule has 0 fully saturated rings. The van der Waals surface area contributed by atoms with Crippen LogP contribution in [0.25, 0.3) is 0 Å². The standard InChI is InChI=1S/C18H21N3O2/c1-12-10-21-11-15(3-5-17(21)19-12)20-18(22)9-13-2-4-16-14(8-13)6-7-23-16/h2,4,8,10,15H,3,5-7,9,11H2,1H3,(H,20,22)/t15-/m0/s1. The number of hydrogen-bond acceptors (Lipinski definition) is 3. The summed E-state index contributed by atoms with van der Waals surface area (Å²) in [6.07, 6.45) is 5.32. The smallest absolute Gasteiger partial charge is 0.224 e. The summed E-state index contributed by atoms with van der Waals surface area (Å²) in [7, 11) is 0. The molecule has 5 nitrogen and oxygen atoms in total. The van der Waals surface area contributed by atoms with Crippen molar-refractivity contribution in [1.82, 2.24) is 14.9 Å². The summed E-state index contributed by atoms with van der Waals surface area (Å²) in [5.74, 6) is 2.19. The highest BCUT2D eigenvalue weighted by Gasteiger charge is 2.21. The van der Waals surface area contributed by atoms with Gasteiger partial charge in [0.05, 0.1) is 18.7 Å². The van der Waals surface area contributed by atoms with Gasteiger partial charge in [-0.15, -0.1) is 0 Å². The fourth-order valence-electron chi connectivity index (χ4n) is 3.52. The third-order valence-corrected chi connectivity index (χ3v) is 4.60. The van der Waals surface area contributed by atoms with Crippen LogP contribution in [-0.2, 0) is 30.6 Å². The summed E-state index contributed by atoms with van der Waals surface area (Å²) < 4.78 is 7.67. The Morgan fingerprint density at radius 1 is 1.43 bits per heavy atom. The number of imidazole rings is 1. The number of nitrogens with one attached hydrogen (secondary N) is 1. The number of aryl methyl sites for hydroxylation is 2. The molecule has 3 heterocycles. The fourth-order valence-corrected chi connectivity index (χ4v) is 3.52. The number of nitrogens with zero attached hydrogens (tertiary/aromatic N) is 2. The molecule has 2 aromatic rings. The number of rotatable bonds is 3. The maximum absolute atomic E-state index is 12.3. The van der Waals surface area contributed by atoms with Crippen molar-refractivity contribution in [2.24, 2.45) is 0 Å². The number of amides is 1. The number of ether oxygens (including phenoxy) is 1. The van der Waals surface area contributed by atoms with E-state index in [1.165, 1.54) is 5.56 Å². The van der Waals surface area contributed by atoms with E-state index >= 15 is 0 Å². The van der Waals surface area contributed by atoms with Crippen molar-refractivity contribution in [2.45, 2.75) is 45.2 Å². The van der Waals surface area contributed by atoms with E-state index in [9.17, 15) is 4.79 Å². The van der Waals surface area contributed by atoms with Crippen LogP contribution in [0.2, 0.25) is 0 Å². The van der Waals surface area contributed by atoms with Gasteiger partial charge in [-0.05, 0) is 30.5 Å². The molecule has 0 bridgehead atoms. The van der Waals surface area contributed by atoms with Crippen molar-refractivity contribution in [3.05, 3.63) is 47.0 Å². The molecule has 1 N–H and O–H groups in total. The van der Waals surface area contributed by atoms with Crippen LogP contribution in [0.4, 0.5) is 0 Å². The van der Waals surface area contributed by atoms with E-state index in [0.717, 1.165) is 55.2 Å². The normalized spacial score (nSPS) is 18.9. The highest BCUT2D eigenvalue weighted by Crippen LogP contribution is 2.26. The molecule has 23 heavy (non-hydrogen) atoms. The van der Waals surface area contributed by atoms with Crippen LogP contribution < -0.4 is 10.1 Å². The van der Waals surface area contributed by atoms with Crippen molar-refractivity contribution in [1.29, 1.82) is 0 Å². The average Bonchev–Trinajstić information content (AvgIpc) is 3.11. The predicted molar refractivity (Wildman–Crippen MR) is 86.6 cm³/mol. The number of carbonyl (C=O) groups excluding carboxylic acids is 1. The van der Waals surface area contributed by atoms with Crippen LogP contribution in [0.1, 0.15) is 29.1 Å². The number of benzene rings is 1. The van der Waals surface area contributed by atoms with Crippen molar-refractivity contribution in [2.75, 3.05) is 6.61 Å². The van der Waals surface area contributed by atoms with Crippen LogP contribution >= 0.6 is 0 Å². The van der Waals surface area contributed by atoms with E-state index in [2.05, 4.69) is 27.1 Å². The minimum Gasteiger partial charge on any atom is -0.493 e. The van der Waals surface area contributed by atoms with Crippen LogP contribution in [-0.4, -0.2) is 28.1 Å². The second-order valence-electron chi connectivity index (χ2n) is 6.47. The number of fused-ring (bicyclic) bond motifs is 2. The molecule has 4 rings (SSSR count). The summed E-state index contributed by atoms with van der Waals surface area (Å²) in [6, 6.07) is 6.26. The lowest BCUT2D eigenvalue weighted by molar-refractivity contribution is -0.121. The quantitative estimate of drug-likeness (QED) is 0.940. The van der Waals surface area contributed by atoms with Crippen molar-refractivity contribution in [3.63, 3.8) is 0 Å². The Hall–Kier alpha value is -2.30. The molecule has 1 atom stereocenters.